The molecule has 2 aliphatic heterocycles. The third kappa shape index (κ3) is 4.46. The molecule has 2 aliphatic rings. The smallest absolute Gasteiger partial charge is 0.319 e. The number of halogens is 3. The van der Waals surface area contributed by atoms with Gasteiger partial charge in [0.2, 0.25) is 0 Å². The molecular formula is C27H28ClF2N7O. The van der Waals surface area contributed by atoms with Gasteiger partial charge in [-0.2, -0.15) is 9.97 Å². The molecule has 0 bridgehead atoms. The van der Waals surface area contributed by atoms with Crippen LogP contribution in [0.15, 0.2) is 36.4 Å². The average molecular weight is 540 g/mol. The Bertz CT molecular complexity index is 1520. The highest BCUT2D eigenvalue weighted by molar-refractivity contribution is 6.34. The Kier molecular flexibility index (Phi) is 6.63. The molecule has 198 valence electrons. The summed E-state index contributed by atoms with van der Waals surface area (Å²) in [6.45, 7) is 2.37. The van der Waals surface area contributed by atoms with E-state index in [4.69, 9.17) is 22.1 Å². The molecule has 3 N–H and O–H groups in total. The van der Waals surface area contributed by atoms with Crippen molar-refractivity contribution in [2.45, 2.75) is 25.2 Å². The highest BCUT2D eigenvalue weighted by atomic mass is 35.5. The Labute approximate surface area is 223 Å². The van der Waals surface area contributed by atoms with E-state index in [2.05, 4.69) is 25.2 Å². The maximum absolute atomic E-state index is 16.5. The average Bonchev–Trinajstić information content (AvgIpc) is 3.32. The van der Waals surface area contributed by atoms with Crippen LogP contribution in [0.1, 0.15) is 12.8 Å². The van der Waals surface area contributed by atoms with E-state index in [0.717, 1.165) is 24.8 Å². The number of fused-ring (bicyclic) bond motifs is 2. The Balaban J connectivity index is 1.53. The molecular weight excluding hydrogens is 512 g/mol. The van der Waals surface area contributed by atoms with Crippen LogP contribution in [0.4, 0.5) is 20.4 Å². The van der Waals surface area contributed by atoms with Crippen LogP contribution >= 0.6 is 11.6 Å². The minimum Gasteiger partial charge on any atom is -0.462 e. The van der Waals surface area contributed by atoms with E-state index in [1.165, 1.54) is 4.90 Å². The van der Waals surface area contributed by atoms with Gasteiger partial charge in [0.25, 0.3) is 0 Å². The number of nitrogens with zero attached hydrogens (tertiary/aromatic N) is 5. The fourth-order valence-corrected chi connectivity index (χ4v) is 5.62. The number of likely N-dealkylation sites (N-methyl/N-ethyl adjacent to an activating group) is 1. The molecule has 0 radical (unpaired) electrons. The van der Waals surface area contributed by atoms with E-state index in [9.17, 15) is 0 Å². The number of hydrogen-bond donors (Lipinski definition) is 2. The molecule has 2 saturated heterocycles. The van der Waals surface area contributed by atoms with Gasteiger partial charge < -0.3 is 25.6 Å². The number of nitrogen functional groups attached to an aromatic ring is 1. The second-order valence-electron chi connectivity index (χ2n) is 9.81. The third-order valence-corrected chi connectivity index (χ3v) is 7.67. The van der Waals surface area contributed by atoms with Gasteiger partial charge in [0.15, 0.2) is 12.1 Å². The predicted octanol–water partition coefficient (Wildman–Crippen LogP) is 4.40. The molecule has 2 fully saturated rings. The maximum atomic E-state index is 16.5. The first kappa shape index (κ1) is 25.0. The topological polar surface area (TPSA) is 92.4 Å². The third-order valence-electron chi connectivity index (χ3n) is 7.37. The van der Waals surface area contributed by atoms with Crippen molar-refractivity contribution >= 4 is 44.9 Å². The summed E-state index contributed by atoms with van der Waals surface area (Å²) in [5.41, 5.74) is 6.44. The Morgan fingerprint density at radius 3 is 2.79 bits per heavy atom. The molecule has 4 heterocycles. The highest BCUT2D eigenvalue weighted by Gasteiger charge is 2.29. The number of ether oxygens (including phenoxy) is 1. The van der Waals surface area contributed by atoms with Crippen molar-refractivity contribution in [3.8, 4) is 17.3 Å². The van der Waals surface area contributed by atoms with Gasteiger partial charge in [-0.05, 0) is 44.0 Å². The van der Waals surface area contributed by atoms with Crippen LogP contribution in [0.25, 0.3) is 32.9 Å². The van der Waals surface area contributed by atoms with Crippen LogP contribution in [0.3, 0.4) is 0 Å². The quantitative estimate of drug-likeness (QED) is 0.361. The number of benzene rings is 2. The van der Waals surface area contributed by atoms with Crippen LogP contribution in [0, 0.1) is 5.82 Å². The minimum atomic E-state index is -1.35. The van der Waals surface area contributed by atoms with Gasteiger partial charge >= 0.3 is 6.01 Å². The van der Waals surface area contributed by atoms with Gasteiger partial charge in [-0.1, -0.05) is 35.9 Å². The zero-order valence-corrected chi connectivity index (χ0v) is 21.7. The Morgan fingerprint density at radius 2 is 2.00 bits per heavy atom. The SMILES string of the molecule is CN1CCC[C@H]1COc1nc(N2CCNC[C@@H]2F)c2cc(Cl)c(-c3nc(N)cc4ccccc34)c(F)c2n1. The van der Waals surface area contributed by atoms with E-state index >= 15 is 8.78 Å². The molecule has 0 unspecified atom stereocenters. The summed E-state index contributed by atoms with van der Waals surface area (Å²) in [6.07, 6.45) is 0.719. The first-order valence-corrected chi connectivity index (χ1v) is 13.1. The van der Waals surface area contributed by atoms with Gasteiger partial charge in [0, 0.05) is 36.4 Å². The van der Waals surface area contributed by atoms with Crippen molar-refractivity contribution in [2.75, 3.05) is 50.5 Å². The lowest BCUT2D eigenvalue weighted by molar-refractivity contribution is 0.188. The van der Waals surface area contributed by atoms with Crippen LogP contribution < -0.4 is 20.7 Å². The van der Waals surface area contributed by atoms with E-state index < -0.39 is 12.1 Å². The molecule has 2 aromatic heterocycles. The van der Waals surface area contributed by atoms with Gasteiger partial charge in [-0.15, -0.1) is 0 Å². The molecule has 2 atom stereocenters. The van der Waals surface area contributed by atoms with Gasteiger partial charge in [-0.25, -0.2) is 13.8 Å². The molecule has 11 heteroatoms. The summed E-state index contributed by atoms with van der Waals surface area (Å²) >= 11 is 6.71. The van der Waals surface area contributed by atoms with Crippen LogP contribution in [-0.2, 0) is 0 Å². The molecule has 8 nitrogen and oxygen atoms in total. The number of aromatic nitrogens is 3. The molecule has 0 spiro atoms. The lowest BCUT2D eigenvalue weighted by Gasteiger charge is -2.33. The number of likely N-dealkylation sites (tertiary alicyclic amines) is 1. The Hall–Kier alpha value is -3.34. The number of nitrogens with one attached hydrogen (secondary N) is 1. The molecule has 0 amide bonds. The Morgan fingerprint density at radius 1 is 1.16 bits per heavy atom. The number of nitrogens with two attached hydrogens (primary N) is 1. The van der Waals surface area contributed by atoms with E-state index in [1.807, 2.05) is 31.3 Å². The first-order chi connectivity index (χ1) is 18.4. The number of alkyl halides is 1. The summed E-state index contributed by atoms with van der Waals surface area (Å²) in [4.78, 5) is 17.2. The van der Waals surface area contributed by atoms with Crippen molar-refractivity contribution in [1.29, 1.82) is 0 Å². The minimum absolute atomic E-state index is 0.00361. The number of pyridine rings is 1. The standard InChI is InChI=1S/C27H28ClF2N7O/c1-36-9-4-6-16(36)14-38-27-34-25-18(26(35-27)37-10-8-32-13-20(37)29)12-19(28)22(23(25)30)24-17-7-3-2-5-15(17)11-21(31)33-24/h2-3,5,7,11-12,16,20,32H,4,6,8-10,13-14H2,1H3,(H2,31,33)/t16-,20+/m0/s1. The number of anilines is 2. The lowest BCUT2D eigenvalue weighted by atomic mass is 10.0. The molecule has 0 aliphatic carbocycles. The van der Waals surface area contributed by atoms with E-state index in [-0.39, 0.29) is 46.3 Å². The maximum Gasteiger partial charge on any atom is 0.319 e. The molecule has 38 heavy (non-hydrogen) atoms. The zero-order chi connectivity index (χ0) is 26.4. The molecule has 6 rings (SSSR count). The fraction of sp³-hybridized carbons (Fsp3) is 0.370. The zero-order valence-electron chi connectivity index (χ0n) is 20.9. The summed E-state index contributed by atoms with van der Waals surface area (Å²) in [7, 11) is 2.04. The van der Waals surface area contributed by atoms with Crippen molar-refractivity contribution in [2.24, 2.45) is 0 Å². The van der Waals surface area contributed by atoms with Gasteiger partial charge in [0.1, 0.15) is 23.8 Å². The van der Waals surface area contributed by atoms with Gasteiger partial charge in [-0.3, -0.25) is 0 Å². The lowest BCUT2D eigenvalue weighted by Crippen LogP contribution is -2.49. The summed E-state index contributed by atoms with van der Waals surface area (Å²) in [5, 5.41) is 4.94. The molecule has 2 aromatic carbocycles. The van der Waals surface area contributed by atoms with Crippen molar-refractivity contribution < 1.29 is 13.5 Å². The number of rotatable bonds is 5. The largest absolute Gasteiger partial charge is 0.462 e. The van der Waals surface area contributed by atoms with Crippen molar-refractivity contribution in [1.82, 2.24) is 25.2 Å². The summed E-state index contributed by atoms with van der Waals surface area (Å²) in [5.74, 6) is -0.201. The molecule has 0 saturated carbocycles. The highest BCUT2D eigenvalue weighted by Crippen LogP contribution is 2.41. The van der Waals surface area contributed by atoms with Crippen molar-refractivity contribution in [3.05, 3.63) is 47.2 Å². The second-order valence-corrected chi connectivity index (χ2v) is 10.2. The van der Waals surface area contributed by atoms with Crippen LogP contribution in [0.5, 0.6) is 6.01 Å². The normalized spacial score (nSPS) is 20.5. The number of hydrogen-bond acceptors (Lipinski definition) is 8. The first-order valence-electron chi connectivity index (χ1n) is 12.7. The van der Waals surface area contributed by atoms with Crippen LogP contribution in [-0.4, -0.2) is 72.0 Å². The summed E-state index contributed by atoms with van der Waals surface area (Å²) < 4.78 is 37.5. The van der Waals surface area contributed by atoms with Crippen LogP contribution in [0.2, 0.25) is 5.02 Å². The van der Waals surface area contributed by atoms with E-state index in [0.29, 0.717) is 36.2 Å². The van der Waals surface area contributed by atoms with E-state index in [1.54, 1.807) is 12.1 Å². The second kappa shape index (κ2) is 10.1. The summed E-state index contributed by atoms with van der Waals surface area (Å²) in [6, 6.07) is 10.9. The number of piperazine rings is 1. The van der Waals surface area contributed by atoms with Crippen molar-refractivity contribution in [3.63, 3.8) is 0 Å². The fourth-order valence-electron chi connectivity index (χ4n) is 5.34. The monoisotopic (exact) mass is 539 g/mol. The molecule has 4 aromatic rings. The predicted molar refractivity (Wildman–Crippen MR) is 146 cm³/mol. The van der Waals surface area contributed by atoms with Gasteiger partial charge in [0.05, 0.1) is 16.3 Å².